The van der Waals surface area contributed by atoms with Gasteiger partial charge < -0.3 is 9.72 Å². The summed E-state index contributed by atoms with van der Waals surface area (Å²) in [5.74, 6) is -1.06. The second-order valence-electron chi connectivity index (χ2n) is 4.19. The average molecular weight is 326 g/mol. The SMILES string of the molecule is O=C(CCC(=O)c1ccc(Cl)s1)OCC(=O)c1ccc[nH]1. The molecule has 7 heteroatoms. The number of thiophene rings is 1. The zero-order valence-electron chi connectivity index (χ0n) is 10.9. The summed E-state index contributed by atoms with van der Waals surface area (Å²) in [5.41, 5.74) is 0.382. The number of nitrogens with one attached hydrogen (secondary N) is 1. The third-order valence-corrected chi connectivity index (χ3v) is 3.94. The molecule has 0 spiro atoms. The van der Waals surface area contributed by atoms with E-state index in [-0.39, 0.29) is 31.0 Å². The fourth-order valence-electron chi connectivity index (χ4n) is 1.60. The number of halogens is 1. The van der Waals surface area contributed by atoms with Crippen molar-refractivity contribution in [1.82, 2.24) is 4.98 Å². The Morgan fingerprint density at radius 2 is 1.95 bits per heavy atom. The van der Waals surface area contributed by atoms with Crippen LogP contribution in [0.5, 0.6) is 0 Å². The van der Waals surface area contributed by atoms with Crippen LogP contribution in [0.15, 0.2) is 30.5 Å². The molecule has 0 aliphatic heterocycles. The first kappa shape index (κ1) is 15.5. The van der Waals surface area contributed by atoms with Crippen LogP contribution in [0.2, 0.25) is 4.34 Å². The van der Waals surface area contributed by atoms with Crippen molar-refractivity contribution in [3.63, 3.8) is 0 Å². The highest BCUT2D eigenvalue weighted by Crippen LogP contribution is 2.22. The van der Waals surface area contributed by atoms with Crippen molar-refractivity contribution in [1.29, 1.82) is 0 Å². The number of aromatic nitrogens is 1. The molecule has 2 rings (SSSR count). The Morgan fingerprint density at radius 3 is 2.57 bits per heavy atom. The number of carbonyl (C=O) groups excluding carboxylic acids is 3. The summed E-state index contributed by atoms with van der Waals surface area (Å²) in [5, 5.41) is 0. The first-order valence-electron chi connectivity index (χ1n) is 6.17. The van der Waals surface area contributed by atoms with Crippen molar-refractivity contribution in [3.8, 4) is 0 Å². The summed E-state index contributed by atoms with van der Waals surface area (Å²) < 4.78 is 5.36. The maximum absolute atomic E-state index is 11.8. The van der Waals surface area contributed by atoms with Gasteiger partial charge in [-0.2, -0.15) is 0 Å². The molecule has 0 saturated carbocycles. The zero-order valence-corrected chi connectivity index (χ0v) is 12.5. The number of H-pyrrole nitrogens is 1. The van der Waals surface area contributed by atoms with Gasteiger partial charge in [-0.15, -0.1) is 11.3 Å². The first-order chi connectivity index (χ1) is 10.1. The summed E-state index contributed by atoms with van der Waals surface area (Å²) in [4.78, 5) is 38.1. The van der Waals surface area contributed by atoms with E-state index in [1.165, 1.54) is 11.3 Å². The predicted octanol–water partition coefficient (Wildman–Crippen LogP) is 3.12. The number of rotatable bonds is 7. The number of aromatic amines is 1. The summed E-state index contributed by atoms with van der Waals surface area (Å²) >= 11 is 6.90. The van der Waals surface area contributed by atoms with Crippen LogP contribution < -0.4 is 0 Å². The van der Waals surface area contributed by atoms with E-state index in [0.29, 0.717) is 14.9 Å². The Bertz CT molecular complexity index is 648. The molecule has 2 aromatic heterocycles. The Morgan fingerprint density at radius 1 is 1.14 bits per heavy atom. The van der Waals surface area contributed by atoms with E-state index in [2.05, 4.69) is 4.98 Å². The minimum Gasteiger partial charge on any atom is -0.457 e. The number of ketones is 2. The molecule has 5 nitrogen and oxygen atoms in total. The fourth-order valence-corrected chi connectivity index (χ4v) is 2.61. The van der Waals surface area contributed by atoms with Crippen molar-refractivity contribution in [3.05, 3.63) is 45.4 Å². The first-order valence-corrected chi connectivity index (χ1v) is 7.36. The normalized spacial score (nSPS) is 10.3. The molecular weight excluding hydrogens is 314 g/mol. The van der Waals surface area contributed by atoms with E-state index >= 15 is 0 Å². The molecule has 21 heavy (non-hydrogen) atoms. The minimum atomic E-state index is -0.578. The van der Waals surface area contributed by atoms with Gasteiger partial charge in [0.25, 0.3) is 0 Å². The molecule has 0 saturated heterocycles. The number of hydrogen-bond acceptors (Lipinski definition) is 5. The molecule has 0 bridgehead atoms. The van der Waals surface area contributed by atoms with Crippen LogP contribution in [-0.4, -0.2) is 29.1 Å². The van der Waals surface area contributed by atoms with Crippen LogP contribution in [0.3, 0.4) is 0 Å². The van der Waals surface area contributed by atoms with Crippen molar-refractivity contribution >= 4 is 40.5 Å². The third-order valence-electron chi connectivity index (χ3n) is 2.67. The highest BCUT2D eigenvalue weighted by atomic mass is 35.5. The van der Waals surface area contributed by atoms with Gasteiger partial charge in [0.1, 0.15) is 0 Å². The molecule has 0 unspecified atom stereocenters. The average Bonchev–Trinajstić information content (AvgIpc) is 3.13. The van der Waals surface area contributed by atoms with E-state index in [0.717, 1.165) is 0 Å². The number of esters is 1. The minimum absolute atomic E-state index is 0.0341. The fraction of sp³-hybridized carbons (Fsp3) is 0.214. The van der Waals surface area contributed by atoms with Gasteiger partial charge >= 0.3 is 5.97 Å². The van der Waals surface area contributed by atoms with Crippen LogP contribution in [0, 0.1) is 0 Å². The lowest BCUT2D eigenvalue weighted by Crippen LogP contribution is -2.15. The lowest BCUT2D eigenvalue weighted by atomic mass is 10.2. The van der Waals surface area contributed by atoms with Crippen LogP contribution in [0.1, 0.15) is 33.0 Å². The van der Waals surface area contributed by atoms with E-state index in [1.807, 2.05) is 0 Å². The van der Waals surface area contributed by atoms with Crippen molar-refractivity contribution in [2.75, 3.05) is 6.61 Å². The Balaban J connectivity index is 1.72. The van der Waals surface area contributed by atoms with Gasteiger partial charge in [0.2, 0.25) is 5.78 Å². The van der Waals surface area contributed by atoms with Crippen molar-refractivity contribution in [2.45, 2.75) is 12.8 Å². The van der Waals surface area contributed by atoms with Gasteiger partial charge in [-0.05, 0) is 24.3 Å². The van der Waals surface area contributed by atoms with Crippen LogP contribution in [0.25, 0.3) is 0 Å². The molecule has 2 heterocycles. The van der Waals surface area contributed by atoms with Gasteiger partial charge in [0, 0.05) is 12.6 Å². The molecule has 0 aliphatic rings. The van der Waals surface area contributed by atoms with Crippen molar-refractivity contribution < 1.29 is 19.1 Å². The summed E-state index contributed by atoms with van der Waals surface area (Å²) in [6.45, 7) is -0.335. The van der Waals surface area contributed by atoms with Gasteiger partial charge in [-0.25, -0.2) is 0 Å². The second-order valence-corrected chi connectivity index (χ2v) is 5.91. The molecule has 110 valence electrons. The molecule has 0 amide bonds. The van der Waals surface area contributed by atoms with Crippen molar-refractivity contribution in [2.24, 2.45) is 0 Å². The third kappa shape index (κ3) is 4.54. The van der Waals surface area contributed by atoms with Crippen LogP contribution in [0.4, 0.5) is 0 Å². The predicted molar refractivity (Wildman–Crippen MR) is 79.0 cm³/mol. The Hall–Kier alpha value is -1.92. The molecule has 0 aliphatic carbocycles. The topological polar surface area (TPSA) is 76.2 Å². The lowest BCUT2D eigenvalue weighted by Gasteiger charge is -2.02. The van der Waals surface area contributed by atoms with E-state index in [1.54, 1.807) is 30.5 Å². The molecule has 0 aromatic carbocycles. The molecular formula is C14H12ClNO4S. The Labute approximate surface area is 129 Å². The summed E-state index contributed by atoms with van der Waals surface area (Å²) in [7, 11) is 0. The summed E-state index contributed by atoms with van der Waals surface area (Å²) in [6.07, 6.45) is 1.58. The number of hydrogen-bond donors (Lipinski definition) is 1. The highest BCUT2D eigenvalue weighted by molar-refractivity contribution is 7.18. The molecule has 0 radical (unpaired) electrons. The number of ether oxygens (including phenoxy) is 1. The van der Waals surface area contributed by atoms with Gasteiger partial charge in [-0.1, -0.05) is 11.6 Å². The van der Waals surface area contributed by atoms with E-state index in [4.69, 9.17) is 16.3 Å². The maximum Gasteiger partial charge on any atom is 0.306 e. The molecule has 0 atom stereocenters. The molecule has 1 N–H and O–H groups in total. The largest absolute Gasteiger partial charge is 0.457 e. The quantitative estimate of drug-likeness (QED) is 0.627. The summed E-state index contributed by atoms with van der Waals surface area (Å²) in [6, 6.07) is 6.53. The molecule has 0 fully saturated rings. The number of carbonyl (C=O) groups is 3. The van der Waals surface area contributed by atoms with Gasteiger partial charge in [0.05, 0.1) is 21.3 Å². The van der Waals surface area contributed by atoms with Crippen LogP contribution in [-0.2, 0) is 9.53 Å². The monoisotopic (exact) mass is 325 g/mol. The Kier molecular flexibility index (Phi) is 5.30. The van der Waals surface area contributed by atoms with Gasteiger partial charge in [-0.3, -0.25) is 14.4 Å². The molecule has 2 aromatic rings. The van der Waals surface area contributed by atoms with Crippen LogP contribution >= 0.6 is 22.9 Å². The second kappa shape index (κ2) is 7.19. The van der Waals surface area contributed by atoms with Gasteiger partial charge in [0.15, 0.2) is 12.4 Å². The van der Waals surface area contributed by atoms with E-state index < -0.39 is 5.97 Å². The maximum atomic E-state index is 11.8. The highest BCUT2D eigenvalue weighted by Gasteiger charge is 2.14. The number of Topliss-reactive ketones (excluding diaryl/α,β-unsaturated/α-hetero) is 2. The van der Waals surface area contributed by atoms with E-state index in [9.17, 15) is 14.4 Å². The zero-order chi connectivity index (χ0) is 15.2. The standard InChI is InChI=1S/C14H12ClNO4S/c15-13-5-4-12(21-13)10(17)3-6-14(19)20-8-11(18)9-2-1-7-16-9/h1-2,4-5,7,16H,3,6,8H2. The smallest absolute Gasteiger partial charge is 0.306 e. The lowest BCUT2D eigenvalue weighted by molar-refractivity contribution is -0.142.